The molecule has 0 fully saturated rings. The zero-order valence-corrected chi connectivity index (χ0v) is 28.2. The fourth-order valence-electron chi connectivity index (χ4n) is 4.74. The second kappa shape index (κ2) is 23.4. The lowest BCUT2D eigenvalue weighted by Crippen LogP contribution is -2.01. The van der Waals surface area contributed by atoms with Gasteiger partial charge in [-0.1, -0.05) is 138 Å². The molecule has 0 atom stereocenters. The van der Waals surface area contributed by atoms with Crippen LogP contribution in [0.4, 0.5) is 0 Å². The van der Waals surface area contributed by atoms with Crippen LogP contribution in [0.3, 0.4) is 0 Å². The number of aryl methyl sites for hydroxylation is 2. The minimum atomic E-state index is -3.33. The van der Waals surface area contributed by atoms with Crippen LogP contribution >= 0.6 is 28.5 Å². The molecule has 0 heterocycles. The summed E-state index contributed by atoms with van der Waals surface area (Å²) < 4.78 is 24.1. The Morgan fingerprint density at radius 1 is 0.561 bits per heavy atom. The molecule has 2 aromatic rings. The van der Waals surface area contributed by atoms with Gasteiger partial charge in [-0.15, -0.1) is 0 Å². The average molecular weight is 623 g/mol. The molecule has 2 aromatic carbocycles. The van der Waals surface area contributed by atoms with E-state index in [1.54, 1.807) is 0 Å². The average Bonchev–Trinajstić information content (AvgIpc) is 2.98. The van der Waals surface area contributed by atoms with Gasteiger partial charge < -0.3 is 14.4 Å². The topological polar surface area (TPSA) is 55.8 Å². The third kappa shape index (κ3) is 19.0. The molecule has 0 aromatic heterocycles. The van der Waals surface area contributed by atoms with Gasteiger partial charge in [-0.05, 0) is 61.1 Å². The number of hydrogen-bond acceptors (Lipinski definition) is 5. The maximum absolute atomic E-state index is 12.5. The quantitative estimate of drug-likeness (QED) is 0.0832. The fourth-order valence-corrected chi connectivity index (χ4v) is 9.66. The first-order valence-electron chi connectivity index (χ1n) is 16.1. The first-order valence-corrected chi connectivity index (χ1v) is 20.9. The molecule has 41 heavy (non-hydrogen) atoms. The Bertz CT molecular complexity index is 863. The van der Waals surface area contributed by atoms with Crippen LogP contribution < -0.4 is 9.47 Å². The lowest BCUT2D eigenvalue weighted by atomic mass is 10.0. The second-order valence-electron chi connectivity index (χ2n) is 10.9. The minimum Gasteiger partial charge on any atom is -0.493 e. The maximum atomic E-state index is 12.5. The smallest absolute Gasteiger partial charge is 0.310 e. The monoisotopic (exact) mass is 622 g/mol. The van der Waals surface area contributed by atoms with Gasteiger partial charge in [-0.25, -0.2) is 0 Å². The summed E-state index contributed by atoms with van der Waals surface area (Å²) in [7, 11) is 0. The van der Waals surface area contributed by atoms with Crippen LogP contribution in [-0.4, -0.2) is 29.6 Å². The number of unbranched alkanes of at least 4 members (excludes halogenated alkanes) is 12. The van der Waals surface area contributed by atoms with Crippen LogP contribution in [0.5, 0.6) is 11.5 Å². The van der Waals surface area contributed by atoms with Gasteiger partial charge in [-0.3, -0.25) is 4.57 Å². The van der Waals surface area contributed by atoms with Gasteiger partial charge >= 0.3 is 5.77 Å². The fraction of sp³-hybridized carbons (Fsp3) is 0.647. The Balaban J connectivity index is 1.50. The lowest BCUT2D eigenvalue weighted by Gasteiger charge is -2.12. The van der Waals surface area contributed by atoms with Gasteiger partial charge in [0, 0.05) is 11.5 Å². The van der Waals surface area contributed by atoms with E-state index < -0.39 is 5.77 Å². The molecule has 232 valence electrons. The molecule has 0 saturated carbocycles. The van der Waals surface area contributed by atoms with Gasteiger partial charge in [0.2, 0.25) is 0 Å². The van der Waals surface area contributed by atoms with Gasteiger partial charge in [0.05, 0.1) is 13.2 Å². The van der Waals surface area contributed by atoms with Crippen LogP contribution in [0, 0.1) is 0 Å². The first kappa shape index (κ1) is 36.1. The summed E-state index contributed by atoms with van der Waals surface area (Å²) in [4.78, 5) is 10.3. The van der Waals surface area contributed by atoms with Crippen molar-refractivity contribution in [3.05, 3.63) is 59.7 Å². The zero-order chi connectivity index (χ0) is 29.4. The van der Waals surface area contributed by atoms with Crippen LogP contribution in [0.2, 0.25) is 0 Å². The number of rotatable bonds is 26. The molecule has 0 aliphatic rings. The number of benzene rings is 2. The Morgan fingerprint density at radius 3 is 1.27 bits per heavy atom. The molecule has 0 bridgehead atoms. The summed E-state index contributed by atoms with van der Waals surface area (Å²) in [6.45, 7) is 5.34. The predicted molar refractivity (Wildman–Crippen MR) is 182 cm³/mol. The van der Waals surface area contributed by atoms with Crippen LogP contribution in [0.1, 0.15) is 115 Å². The largest absolute Gasteiger partial charge is 0.493 e. The van der Waals surface area contributed by atoms with Crippen LogP contribution in [0.15, 0.2) is 48.5 Å². The standard InChI is InChI=1S/C34H55O4PS2/c1-3-5-7-9-11-13-15-17-31-19-23-33(24-20-31)37-27-29-40-39(35,36)41-30-28-38-34-25-21-32(22-26-34)18-16-14-12-10-8-6-4-2/h19-26H,3-18,27-30H2,1-2H3,(H,35,36). The Hall–Kier alpha value is -1.07. The third-order valence-electron chi connectivity index (χ3n) is 7.20. The van der Waals surface area contributed by atoms with Crippen molar-refractivity contribution in [2.45, 2.75) is 117 Å². The molecule has 0 unspecified atom stereocenters. The van der Waals surface area contributed by atoms with Crippen molar-refractivity contribution in [3.8, 4) is 11.5 Å². The number of ether oxygens (including phenoxy) is 2. The van der Waals surface area contributed by atoms with Crippen molar-refractivity contribution >= 4 is 28.5 Å². The highest BCUT2D eigenvalue weighted by atomic mass is 33.1. The molecule has 4 nitrogen and oxygen atoms in total. The van der Waals surface area contributed by atoms with E-state index in [1.807, 2.05) is 24.3 Å². The highest BCUT2D eigenvalue weighted by Crippen LogP contribution is 2.65. The molecule has 1 N–H and O–H groups in total. The summed E-state index contributed by atoms with van der Waals surface area (Å²) >= 11 is 2.16. The van der Waals surface area contributed by atoms with E-state index in [0.717, 1.165) is 47.1 Å². The van der Waals surface area contributed by atoms with E-state index in [0.29, 0.717) is 24.7 Å². The Morgan fingerprint density at radius 2 is 0.902 bits per heavy atom. The zero-order valence-electron chi connectivity index (χ0n) is 25.7. The molecule has 0 aliphatic heterocycles. The highest BCUT2D eigenvalue weighted by Gasteiger charge is 2.19. The normalized spacial score (nSPS) is 11.6. The van der Waals surface area contributed by atoms with Gasteiger partial charge in [-0.2, -0.15) is 0 Å². The summed E-state index contributed by atoms with van der Waals surface area (Å²) in [6.07, 6.45) is 20.8. The molecule has 0 spiro atoms. The van der Waals surface area contributed by atoms with E-state index in [-0.39, 0.29) is 0 Å². The molecule has 2 rings (SSSR count). The molecule has 0 saturated heterocycles. The van der Waals surface area contributed by atoms with E-state index in [4.69, 9.17) is 9.47 Å². The molecule has 0 radical (unpaired) electrons. The Kier molecular flexibility index (Phi) is 20.6. The van der Waals surface area contributed by atoms with E-state index >= 15 is 0 Å². The molecular weight excluding hydrogens is 567 g/mol. The van der Waals surface area contributed by atoms with E-state index in [9.17, 15) is 9.46 Å². The van der Waals surface area contributed by atoms with Gasteiger partial charge in [0.1, 0.15) is 11.5 Å². The summed E-state index contributed by atoms with van der Waals surface area (Å²) in [5, 5.41) is 0. The summed E-state index contributed by atoms with van der Waals surface area (Å²) in [5.74, 6) is -0.748. The molecular formula is C34H55O4PS2. The van der Waals surface area contributed by atoms with Crippen LogP contribution in [-0.2, 0) is 17.4 Å². The molecule has 0 aliphatic carbocycles. The van der Waals surface area contributed by atoms with Crippen molar-refractivity contribution in [2.75, 3.05) is 24.7 Å². The van der Waals surface area contributed by atoms with E-state index in [1.165, 1.54) is 101 Å². The molecule has 7 heteroatoms. The summed E-state index contributed by atoms with van der Waals surface area (Å²) in [6, 6.07) is 16.6. The van der Waals surface area contributed by atoms with Crippen molar-refractivity contribution in [1.82, 2.24) is 0 Å². The predicted octanol–water partition coefficient (Wildman–Crippen LogP) is 11.3. The third-order valence-corrected chi connectivity index (χ3v) is 13.5. The summed E-state index contributed by atoms with van der Waals surface area (Å²) in [5.41, 5.74) is 2.69. The van der Waals surface area contributed by atoms with Crippen molar-refractivity contribution in [2.24, 2.45) is 0 Å². The minimum absolute atomic E-state index is 0.411. The second-order valence-corrected chi connectivity index (χ2v) is 18.3. The molecule has 0 amide bonds. The number of hydrogen-bond donors (Lipinski definition) is 1. The van der Waals surface area contributed by atoms with Crippen molar-refractivity contribution in [1.29, 1.82) is 0 Å². The lowest BCUT2D eigenvalue weighted by molar-refractivity contribution is 0.344. The van der Waals surface area contributed by atoms with Crippen molar-refractivity contribution in [3.63, 3.8) is 0 Å². The van der Waals surface area contributed by atoms with Crippen molar-refractivity contribution < 1.29 is 18.9 Å². The SMILES string of the molecule is CCCCCCCCCc1ccc(OCCSP(=O)(O)SCCOc2ccc(CCCCCCCCC)cc2)cc1. The maximum Gasteiger partial charge on any atom is 0.310 e. The Labute approximate surface area is 259 Å². The first-order chi connectivity index (χ1) is 20.0. The van der Waals surface area contributed by atoms with Crippen LogP contribution in [0.25, 0.3) is 0 Å². The highest BCUT2D eigenvalue weighted by molar-refractivity contribution is 8.88. The van der Waals surface area contributed by atoms with Gasteiger partial charge in [0.15, 0.2) is 0 Å². The van der Waals surface area contributed by atoms with E-state index in [2.05, 4.69) is 38.1 Å². The van der Waals surface area contributed by atoms with Gasteiger partial charge in [0.25, 0.3) is 0 Å².